The molecule has 2 N–H and O–H groups in total. The number of likely N-dealkylation sites (N-methyl/N-ethyl adjacent to an activating group) is 1. The second kappa shape index (κ2) is 9.70. The van der Waals surface area contributed by atoms with Crippen LogP contribution in [0.4, 0.5) is 18.9 Å². The van der Waals surface area contributed by atoms with Crippen molar-refractivity contribution in [3.63, 3.8) is 0 Å². The van der Waals surface area contributed by atoms with Gasteiger partial charge in [0, 0.05) is 50.3 Å². The molecule has 0 amide bonds. The Hall–Kier alpha value is -2.26. The molecule has 1 aromatic heterocycles. The topological polar surface area (TPSA) is 42.9 Å². The molecule has 164 valence electrons. The molecule has 30 heavy (non-hydrogen) atoms. The Balaban J connectivity index is 1.76. The Kier molecular flexibility index (Phi) is 7.25. The maximum absolute atomic E-state index is 13.3. The molecule has 1 fully saturated rings. The number of guanidine groups is 1. The number of halogens is 3. The number of thiophene rings is 1. The van der Waals surface area contributed by atoms with Gasteiger partial charge in [0.05, 0.1) is 11.6 Å². The second-order valence-electron chi connectivity index (χ2n) is 7.44. The molecule has 1 aromatic carbocycles. The van der Waals surface area contributed by atoms with Crippen molar-refractivity contribution < 1.29 is 13.2 Å². The number of benzene rings is 1. The average molecular weight is 440 g/mol. The first-order valence-corrected chi connectivity index (χ1v) is 10.8. The van der Waals surface area contributed by atoms with Gasteiger partial charge in [0.15, 0.2) is 5.96 Å². The fraction of sp³-hybridized carbons (Fsp3) is 0.476. The lowest BCUT2D eigenvalue weighted by Crippen LogP contribution is -2.45. The summed E-state index contributed by atoms with van der Waals surface area (Å²) in [5.74, 6) is 0.553. The number of hydrogen-bond acceptors (Lipinski definition) is 4. The molecule has 5 nitrogen and oxygen atoms in total. The molecule has 0 spiro atoms. The number of rotatable bonds is 5. The van der Waals surface area contributed by atoms with Crippen molar-refractivity contribution in [2.45, 2.75) is 25.7 Å². The summed E-state index contributed by atoms with van der Waals surface area (Å²) in [6, 6.07) is 8.08. The van der Waals surface area contributed by atoms with Crippen molar-refractivity contribution in [2.75, 3.05) is 45.2 Å². The molecule has 9 heteroatoms. The fourth-order valence-corrected chi connectivity index (χ4v) is 4.18. The van der Waals surface area contributed by atoms with Crippen molar-refractivity contribution in [1.29, 1.82) is 0 Å². The van der Waals surface area contributed by atoms with Crippen molar-refractivity contribution >= 4 is 23.0 Å². The number of nitrogens with one attached hydrogen (secondary N) is 2. The lowest BCUT2D eigenvalue weighted by molar-refractivity contribution is -0.137. The van der Waals surface area contributed by atoms with E-state index >= 15 is 0 Å². The van der Waals surface area contributed by atoms with Gasteiger partial charge in [-0.2, -0.15) is 13.2 Å². The van der Waals surface area contributed by atoms with Crippen LogP contribution in [-0.4, -0.2) is 51.1 Å². The number of aliphatic imine (C=N–C) groups is 1. The third-order valence-electron chi connectivity index (χ3n) is 5.24. The van der Waals surface area contributed by atoms with Gasteiger partial charge in [-0.15, -0.1) is 11.3 Å². The first-order valence-electron chi connectivity index (χ1n) is 9.92. The summed E-state index contributed by atoms with van der Waals surface area (Å²) >= 11 is 1.64. The van der Waals surface area contributed by atoms with Gasteiger partial charge in [0.1, 0.15) is 0 Å². The van der Waals surface area contributed by atoms with Crippen LogP contribution >= 0.6 is 11.3 Å². The van der Waals surface area contributed by atoms with Crippen LogP contribution in [0.1, 0.15) is 29.0 Å². The normalized spacial score (nSPS) is 17.1. The van der Waals surface area contributed by atoms with E-state index < -0.39 is 11.7 Å². The molecule has 2 aromatic rings. The van der Waals surface area contributed by atoms with Crippen molar-refractivity contribution in [2.24, 2.45) is 4.99 Å². The van der Waals surface area contributed by atoms with E-state index in [0.29, 0.717) is 11.5 Å². The highest BCUT2D eigenvalue weighted by Crippen LogP contribution is 2.33. The van der Waals surface area contributed by atoms with Gasteiger partial charge in [-0.1, -0.05) is 6.07 Å². The Morgan fingerprint density at radius 1 is 1.20 bits per heavy atom. The minimum absolute atomic E-state index is 0.0508. The van der Waals surface area contributed by atoms with Gasteiger partial charge in [-0.3, -0.25) is 4.99 Å². The Bertz CT molecular complexity index is 843. The summed E-state index contributed by atoms with van der Waals surface area (Å²) in [6.07, 6.45) is -4.37. The molecular weight excluding hydrogens is 411 g/mol. The highest BCUT2D eigenvalue weighted by atomic mass is 32.1. The predicted molar refractivity (Wildman–Crippen MR) is 117 cm³/mol. The lowest BCUT2D eigenvalue weighted by atomic mass is 10.1. The Labute approximate surface area is 179 Å². The largest absolute Gasteiger partial charge is 0.416 e. The zero-order valence-corrected chi connectivity index (χ0v) is 18.3. The Morgan fingerprint density at radius 2 is 1.93 bits per heavy atom. The molecule has 1 atom stereocenters. The zero-order chi connectivity index (χ0) is 21.7. The smallest absolute Gasteiger partial charge is 0.369 e. The van der Waals surface area contributed by atoms with Crippen LogP contribution in [0.5, 0.6) is 0 Å². The Morgan fingerprint density at radius 3 is 2.53 bits per heavy atom. The molecule has 1 aliphatic rings. The number of nitrogens with zero attached hydrogens (tertiary/aromatic N) is 3. The van der Waals surface area contributed by atoms with E-state index in [2.05, 4.69) is 32.5 Å². The third-order valence-corrected chi connectivity index (χ3v) is 6.30. The van der Waals surface area contributed by atoms with Crippen molar-refractivity contribution in [1.82, 2.24) is 15.5 Å². The first-order chi connectivity index (χ1) is 14.3. The highest BCUT2D eigenvalue weighted by molar-refractivity contribution is 7.10. The SMILES string of the molecule is CN=C(NCc1cc(C(F)(F)F)ccc1N1CCN(C)CC1)NC(C)c1cccs1. The van der Waals surface area contributed by atoms with Crippen LogP contribution in [-0.2, 0) is 12.7 Å². The van der Waals surface area contributed by atoms with E-state index in [1.54, 1.807) is 24.5 Å². The molecule has 0 aliphatic carbocycles. The van der Waals surface area contributed by atoms with E-state index in [0.717, 1.165) is 36.7 Å². The van der Waals surface area contributed by atoms with Gasteiger partial charge in [0.25, 0.3) is 0 Å². The standard InChI is InChI=1S/C21H28F3N5S/c1-15(19-5-4-12-30-19)27-20(25-2)26-14-16-13-17(21(22,23)24)6-7-18(16)29-10-8-28(3)9-11-29/h4-7,12-13,15H,8-11,14H2,1-3H3,(H2,25,26,27). The summed E-state index contributed by atoms with van der Waals surface area (Å²) in [5.41, 5.74) is 0.818. The van der Waals surface area contributed by atoms with Gasteiger partial charge in [-0.25, -0.2) is 0 Å². The average Bonchev–Trinajstić information content (AvgIpc) is 3.26. The summed E-state index contributed by atoms with van der Waals surface area (Å²) in [4.78, 5) is 9.77. The molecule has 0 bridgehead atoms. The van der Waals surface area contributed by atoms with Crippen molar-refractivity contribution in [3.05, 3.63) is 51.7 Å². The first kappa shape index (κ1) is 22.4. The van der Waals surface area contributed by atoms with E-state index in [4.69, 9.17) is 0 Å². The summed E-state index contributed by atoms with van der Waals surface area (Å²) in [7, 11) is 3.71. The van der Waals surface area contributed by atoms with Gasteiger partial charge >= 0.3 is 6.18 Å². The second-order valence-corrected chi connectivity index (χ2v) is 8.42. The summed E-state index contributed by atoms with van der Waals surface area (Å²) in [5, 5.41) is 8.49. The molecule has 1 aliphatic heterocycles. The maximum atomic E-state index is 13.3. The predicted octanol–water partition coefficient (Wildman–Crippen LogP) is 3.94. The van der Waals surface area contributed by atoms with Gasteiger partial charge in [0.2, 0.25) is 0 Å². The zero-order valence-electron chi connectivity index (χ0n) is 17.5. The van der Waals surface area contributed by atoms with E-state index in [1.165, 1.54) is 12.1 Å². The fourth-order valence-electron chi connectivity index (χ4n) is 3.45. The summed E-state index contributed by atoms with van der Waals surface area (Å²) < 4.78 is 39.9. The van der Waals surface area contributed by atoms with Gasteiger partial charge in [-0.05, 0) is 49.2 Å². The van der Waals surface area contributed by atoms with Gasteiger partial charge < -0.3 is 20.4 Å². The quantitative estimate of drug-likeness (QED) is 0.547. The molecule has 1 saturated heterocycles. The monoisotopic (exact) mass is 439 g/mol. The lowest BCUT2D eigenvalue weighted by Gasteiger charge is -2.35. The molecular formula is C21H28F3N5S. The number of anilines is 1. The number of alkyl halides is 3. The minimum atomic E-state index is -4.37. The number of piperazine rings is 1. The van der Waals surface area contributed by atoms with E-state index in [1.807, 2.05) is 24.4 Å². The molecule has 1 unspecified atom stereocenters. The molecule has 0 radical (unpaired) electrons. The van der Waals surface area contributed by atoms with E-state index in [9.17, 15) is 13.2 Å². The van der Waals surface area contributed by atoms with Crippen LogP contribution in [0.25, 0.3) is 0 Å². The van der Waals surface area contributed by atoms with Crippen molar-refractivity contribution in [3.8, 4) is 0 Å². The minimum Gasteiger partial charge on any atom is -0.369 e. The van der Waals surface area contributed by atoms with Crippen LogP contribution in [0.15, 0.2) is 40.7 Å². The van der Waals surface area contributed by atoms with Crippen LogP contribution in [0.2, 0.25) is 0 Å². The third kappa shape index (κ3) is 5.66. The molecule has 3 rings (SSSR count). The van der Waals surface area contributed by atoms with Crippen LogP contribution in [0, 0.1) is 0 Å². The van der Waals surface area contributed by atoms with Crippen LogP contribution in [0.3, 0.4) is 0 Å². The molecule has 2 heterocycles. The van der Waals surface area contributed by atoms with Crippen LogP contribution < -0.4 is 15.5 Å². The molecule has 0 saturated carbocycles. The summed E-state index contributed by atoms with van der Waals surface area (Å²) in [6.45, 7) is 5.63. The maximum Gasteiger partial charge on any atom is 0.416 e. The highest BCUT2D eigenvalue weighted by Gasteiger charge is 2.31. The number of hydrogen-bond donors (Lipinski definition) is 2. The van der Waals surface area contributed by atoms with E-state index in [-0.39, 0.29) is 12.6 Å².